The average molecular weight is 276 g/mol. The van der Waals surface area contributed by atoms with Crippen molar-refractivity contribution in [3.63, 3.8) is 0 Å². The molecule has 1 aromatic carbocycles. The minimum absolute atomic E-state index is 0.0316. The molecule has 2 heterocycles. The molecule has 7 heteroatoms. The van der Waals surface area contributed by atoms with Gasteiger partial charge in [0.1, 0.15) is 18.6 Å². The van der Waals surface area contributed by atoms with Gasteiger partial charge in [-0.25, -0.2) is 9.37 Å². The number of aromatic amines is 1. The maximum Gasteiger partial charge on any atom is 0.254 e. The van der Waals surface area contributed by atoms with Crippen LogP contribution in [0.3, 0.4) is 0 Å². The van der Waals surface area contributed by atoms with Gasteiger partial charge in [-0.2, -0.15) is 5.10 Å². The van der Waals surface area contributed by atoms with E-state index in [1.807, 2.05) is 0 Å². The summed E-state index contributed by atoms with van der Waals surface area (Å²) in [4.78, 5) is 17.5. The number of H-pyrrole nitrogens is 1. The number of β-amino-alcohol motifs (C(OH)–C–C–N with tert-alkyl or cyclic N) is 1. The molecule has 2 N–H and O–H groups in total. The summed E-state index contributed by atoms with van der Waals surface area (Å²) in [7, 11) is 0. The van der Waals surface area contributed by atoms with Crippen molar-refractivity contribution in [2.75, 3.05) is 13.1 Å². The van der Waals surface area contributed by atoms with Gasteiger partial charge in [-0.05, 0) is 12.1 Å². The highest BCUT2D eigenvalue weighted by Crippen LogP contribution is 2.19. The lowest BCUT2D eigenvalue weighted by Crippen LogP contribution is -2.29. The normalized spacial score (nSPS) is 22.2. The summed E-state index contributed by atoms with van der Waals surface area (Å²) in [5, 5.41) is 15.8. The molecule has 0 unspecified atom stereocenters. The zero-order valence-corrected chi connectivity index (χ0v) is 10.5. The van der Waals surface area contributed by atoms with Gasteiger partial charge in [-0.15, -0.1) is 0 Å². The van der Waals surface area contributed by atoms with Crippen LogP contribution in [0.15, 0.2) is 30.6 Å². The molecule has 1 amide bonds. The molecule has 1 saturated heterocycles. The van der Waals surface area contributed by atoms with Crippen molar-refractivity contribution < 1.29 is 14.3 Å². The molecule has 0 bridgehead atoms. The van der Waals surface area contributed by atoms with Crippen LogP contribution >= 0.6 is 0 Å². The Bertz CT molecular complexity index is 589. The third-order valence-corrected chi connectivity index (χ3v) is 3.33. The van der Waals surface area contributed by atoms with Crippen LogP contribution < -0.4 is 0 Å². The number of rotatable bonds is 2. The third kappa shape index (κ3) is 2.27. The molecule has 1 aliphatic heterocycles. The van der Waals surface area contributed by atoms with Gasteiger partial charge >= 0.3 is 0 Å². The molecule has 1 aromatic heterocycles. The molecule has 20 heavy (non-hydrogen) atoms. The third-order valence-electron chi connectivity index (χ3n) is 3.33. The summed E-state index contributed by atoms with van der Waals surface area (Å²) in [6.07, 6.45) is -1.05. The lowest BCUT2D eigenvalue weighted by atomic mass is 10.1. The largest absolute Gasteiger partial charge is 0.388 e. The topological polar surface area (TPSA) is 82.1 Å². The monoisotopic (exact) mass is 276 g/mol. The molecule has 3 rings (SSSR count). The molecular weight excluding hydrogens is 263 g/mol. The van der Waals surface area contributed by atoms with Crippen LogP contribution in [0.4, 0.5) is 4.39 Å². The van der Waals surface area contributed by atoms with Gasteiger partial charge in [0.15, 0.2) is 5.82 Å². The van der Waals surface area contributed by atoms with Crippen LogP contribution in [0.2, 0.25) is 0 Å². The van der Waals surface area contributed by atoms with Gasteiger partial charge in [0.2, 0.25) is 0 Å². The van der Waals surface area contributed by atoms with Crippen LogP contribution in [0.5, 0.6) is 0 Å². The SMILES string of the molecule is O=C(c1ccc(-c2ncn[nH]2)cc1)N1C[C@@H](O)[C@H](F)C1. The average Bonchev–Trinajstić information content (AvgIpc) is 3.09. The van der Waals surface area contributed by atoms with E-state index < -0.39 is 12.3 Å². The summed E-state index contributed by atoms with van der Waals surface area (Å²) in [5.74, 6) is 0.331. The van der Waals surface area contributed by atoms with E-state index in [0.29, 0.717) is 11.4 Å². The molecular formula is C13H13FN4O2. The first-order chi connectivity index (χ1) is 9.65. The summed E-state index contributed by atoms with van der Waals surface area (Å²) in [5.41, 5.74) is 1.26. The van der Waals surface area contributed by atoms with Crippen LogP contribution in [-0.2, 0) is 0 Å². The number of benzene rings is 1. The zero-order chi connectivity index (χ0) is 14.1. The Morgan fingerprint density at radius 3 is 2.65 bits per heavy atom. The zero-order valence-electron chi connectivity index (χ0n) is 10.5. The molecule has 0 saturated carbocycles. The van der Waals surface area contributed by atoms with Gasteiger partial charge in [0.25, 0.3) is 5.91 Å². The molecule has 0 radical (unpaired) electrons. The minimum Gasteiger partial charge on any atom is -0.388 e. The van der Waals surface area contributed by atoms with Crippen LogP contribution in [0.1, 0.15) is 10.4 Å². The molecule has 2 aromatic rings. The van der Waals surface area contributed by atoms with Gasteiger partial charge in [-0.3, -0.25) is 9.89 Å². The second-order valence-corrected chi connectivity index (χ2v) is 4.70. The first-order valence-corrected chi connectivity index (χ1v) is 6.22. The number of aliphatic hydroxyl groups is 1. The first-order valence-electron chi connectivity index (χ1n) is 6.22. The predicted molar refractivity (Wildman–Crippen MR) is 68.6 cm³/mol. The maximum absolute atomic E-state index is 13.2. The van der Waals surface area contributed by atoms with Crippen molar-refractivity contribution in [2.24, 2.45) is 0 Å². The number of aliphatic hydroxyl groups excluding tert-OH is 1. The lowest BCUT2D eigenvalue weighted by molar-refractivity contribution is 0.0764. The molecule has 1 aliphatic rings. The Kier molecular flexibility index (Phi) is 3.19. The van der Waals surface area contributed by atoms with Crippen LogP contribution in [-0.4, -0.2) is 56.5 Å². The second kappa shape index (κ2) is 5.01. The fraction of sp³-hybridized carbons (Fsp3) is 0.308. The van der Waals surface area contributed by atoms with Gasteiger partial charge in [0.05, 0.1) is 6.54 Å². The Labute approximate surface area is 114 Å². The number of likely N-dealkylation sites (tertiary alicyclic amines) is 1. The van der Waals surface area contributed by atoms with E-state index in [-0.39, 0.29) is 19.0 Å². The number of aromatic nitrogens is 3. The quantitative estimate of drug-likeness (QED) is 0.842. The van der Waals surface area contributed by atoms with E-state index in [0.717, 1.165) is 5.56 Å². The van der Waals surface area contributed by atoms with E-state index in [1.54, 1.807) is 24.3 Å². The van der Waals surface area contributed by atoms with Gasteiger partial charge < -0.3 is 10.0 Å². The summed E-state index contributed by atoms with van der Waals surface area (Å²) < 4.78 is 13.2. The number of carbonyl (C=O) groups excluding carboxylic acids is 1. The number of alkyl halides is 1. The highest BCUT2D eigenvalue weighted by molar-refractivity contribution is 5.94. The van der Waals surface area contributed by atoms with Gasteiger partial charge in [-0.1, -0.05) is 12.1 Å². The van der Waals surface area contributed by atoms with Crippen molar-refractivity contribution in [3.8, 4) is 11.4 Å². The van der Waals surface area contributed by atoms with E-state index in [2.05, 4.69) is 15.2 Å². The fourth-order valence-corrected chi connectivity index (χ4v) is 2.21. The summed E-state index contributed by atoms with van der Waals surface area (Å²) in [6.45, 7) is -0.0340. The lowest BCUT2D eigenvalue weighted by Gasteiger charge is -2.15. The van der Waals surface area contributed by atoms with E-state index in [1.165, 1.54) is 11.2 Å². The molecule has 104 valence electrons. The highest BCUT2D eigenvalue weighted by atomic mass is 19.1. The first kappa shape index (κ1) is 12.7. The Balaban J connectivity index is 1.76. The Hall–Kier alpha value is -2.28. The van der Waals surface area contributed by atoms with Crippen molar-refractivity contribution in [3.05, 3.63) is 36.2 Å². The number of nitrogens with one attached hydrogen (secondary N) is 1. The number of hydrogen-bond donors (Lipinski definition) is 2. The molecule has 0 spiro atoms. The minimum atomic E-state index is -1.37. The Morgan fingerprint density at radius 2 is 2.10 bits per heavy atom. The van der Waals surface area contributed by atoms with Crippen molar-refractivity contribution in [2.45, 2.75) is 12.3 Å². The van der Waals surface area contributed by atoms with Crippen molar-refractivity contribution in [1.29, 1.82) is 0 Å². The molecule has 6 nitrogen and oxygen atoms in total. The fourth-order valence-electron chi connectivity index (χ4n) is 2.21. The van der Waals surface area contributed by atoms with Crippen molar-refractivity contribution >= 4 is 5.91 Å². The summed E-state index contributed by atoms with van der Waals surface area (Å²) >= 11 is 0. The standard InChI is InChI=1S/C13H13FN4O2/c14-10-5-18(6-11(10)19)13(20)9-3-1-8(2-4-9)12-15-7-16-17-12/h1-4,7,10-11,19H,5-6H2,(H,15,16,17)/t10-,11-/m1/s1. The van der Waals surface area contributed by atoms with E-state index in [9.17, 15) is 14.3 Å². The van der Waals surface area contributed by atoms with Crippen LogP contribution in [0, 0.1) is 0 Å². The van der Waals surface area contributed by atoms with E-state index >= 15 is 0 Å². The molecule has 1 fully saturated rings. The molecule has 0 aliphatic carbocycles. The number of carbonyl (C=O) groups is 1. The second-order valence-electron chi connectivity index (χ2n) is 4.70. The van der Waals surface area contributed by atoms with Gasteiger partial charge in [0, 0.05) is 17.7 Å². The number of hydrogen-bond acceptors (Lipinski definition) is 4. The smallest absolute Gasteiger partial charge is 0.254 e. The molecule has 2 atom stereocenters. The maximum atomic E-state index is 13.2. The Morgan fingerprint density at radius 1 is 1.35 bits per heavy atom. The van der Waals surface area contributed by atoms with Crippen LogP contribution in [0.25, 0.3) is 11.4 Å². The number of nitrogens with zero attached hydrogens (tertiary/aromatic N) is 3. The number of amides is 1. The predicted octanol–water partition coefficient (Wildman–Crippen LogP) is 0.627. The van der Waals surface area contributed by atoms with Crippen molar-refractivity contribution in [1.82, 2.24) is 20.1 Å². The van der Waals surface area contributed by atoms with E-state index in [4.69, 9.17) is 0 Å². The summed E-state index contributed by atoms with van der Waals surface area (Å²) in [6, 6.07) is 6.79. The highest BCUT2D eigenvalue weighted by Gasteiger charge is 2.34. The number of halogens is 1.